The molecule has 4 bridgehead atoms. The van der Waals surface area contributed by atoms with Crippen LogP contribution < -0.4 is 0 Å². The molecule has 0 aromatic rings. The van der Waals surface area contributed by atoms with Crippen LogP contribution in [0.1, 0.15) is 66.2 Å². The Balaban J connectivity index is 1.77. The van der Waals surface area contributed by atoms with Crippen LogP contribution in [-0.2, 0) is 9.47 Å². The van der Waals surface area contributed by atoms with Crippen LogP contribution in [0, 0.1) is 23.7 Å². The van der Waals surface area contributed by atoms with Crippen molar-refractivity contribution in [3.8, 4) is 0 Å². The Morgan fingerprint density at radius 3 is 2.73 bits per heavy atom. The van der Waals surface area contributed by atoms with Crippen LogP contribution in [0.15, 0.2) is 12.2 Å². The third kappa shape index (κ3) is 2.06. The van der Waals surface area contributed by atoms with Crippen LogP contribution in [0.25, 0.3) is 0 Å². The monoisotopic (exact) mass is 304 g/mol. The number of hydrogen-bond acceptors (Lipinski definition) is 2. The van der Waals surface area contributed by atoms with Gasteiger partial charge in [-0.05, 0) is 63.7 Å². The van der Waals surface area contributed by atoms with Gasteiger partial charge in [0.05, 0.1) is 23.4 Å². The van der Waals surface area contributed by atoms with Gasteiger partial charge in [-0.15, -0.1) is 0 Å². The average Bonchev–Trinajstić information content (AvgIpc) is 2.75. The highest BCUT2D eigenvalue weighted by atomic mass is 16.6. The number of fused-ring (bicyclic) bond motifs is 8. The molecule has 3 heterocycles. The van der Waals surface area contributed by atoms with Crippen molar-refractivity contribution in [1.82, 2.24) is 0 Å². The second-order valence-corrected chi connectivity index (χ2v) is 9.23. The summed E-state index contributed by atoms with van der Waals surface area (Å²) in [7, 11) is 0. The predicted octanol–water partition coefficient (Wildman–Crippen LogP) is 4.73. The van der Waals surface area contributed by atoms with E-state index in [1.54, 1.807) is 0 Å². The van der Waals surface area contributed by atoms with Crippen molar-refractivity contribution in [2.75, 3.05) is 0 Å². The van der Waals surface area contributed by atoms with Crippen molar-refractivity contribution in [3.63, 3.8) is 0 Å². The second kappa shape index (κ2) is 4.83. The molecule has 0 aromatic carbocycles. The van der Waals surface area contributed by atoms with Gasteiger partial charge in [0.25, 0.3) is 0 Å². The fraction of sp³-hybridized carbons (Fsp3) is 0.900. The lowest BCUT2D eigenvalue weighted by Gasteiger charge is -2.52. The van der Waals surface area contributed by atoms with Crippen molar-refractivity contribution in [3.05, 3.63) is 12.2 Å². The van der Waals surface area contributed by atoms with Gasteiger partial charge in [0.2, 0.25) is 0 Å². The summed E-state index contributed by atoms with van der Waals surface area (Å²) >= 11 is 0. The maximum absolute atomic E-state index is 6.72. The van der Waals surface area contributed by atoms with Crippen LogP contribution in [0.2, 0.25) is 0 Å². The minimum absolute atomic E-state index is 0.0163. The highest BCUT2D eigenvalue weighted by molar-refractivity contribution is 5.20. The minimum atomic E-state index is -0.0913. The van der Waals surface area contributed by atoms with E-state index in [2.05, 4.69) is 34.3 Å². The molecule has 22 heavy (non-hydrogen) atoms. The lowest BCUT2D eigenvalue weighted by molar-refractivity contribution is -0.208. The normalized spacial score (nSPS) is 54.2. The molecule has 0 unspecified atom stereocenters. The first-order chi connectivity index (χ1) is 10.3. The zero-order valence-corrected chi connectivity index (χ0v) is 14.7. The summed E-state index contributed by atoms with van der Waals surface area (Å²) in [4.78, 5) is 0. The predicted molar refractivity (Wildman–Crippen MR) is 88.7 cm³/mol. The van der Waals surface area contributed by atoms with Gasteiger partial charge in [0.15, 0.2) is 0 Å². The minimum Gasteiger partial charge on any atom is -0.371 e. The first-order valence-electron chi connectivity index (χ1n) is 9.36. The molecule has 124 valence electrons. The van der Waals surface area contributed by atoms with E-state index in [0.29, 0.717) is 17.9 Å². The molecule has 1 saturated carbocycles. The average molecular weight is 304 g/mol. The Labute approximate surface area is 135 Å². The van der Waals surface area contributed by atoms with Crippen LogP contribution in [0.3, 0.4) is 0 Å². The van der Waals surface area contributed by atoms with Gasteiger partial charge < -0.3 is 9.47 Å². The standard InChI is InChI=1S/C20H32O2/c1-12(2)14-8-7-13(3)16-15-11-19(4)9-6-10-20(5,22-19)18(21-15)17(14)16/h12,14-18H,3,6-11H2,1-2,4-5H3/t14-,15-,16-,17-,18-,19+,20-/m1/s1. The van der Waals surface area contributed by atoms with Gasteiger partial charge in [0, 0.05) is 12.3 Å². The molecule has 7 atom stereocenters. The Morgan fingerprint density at radius 1 is 1.23 bits per heavy atom. The molecule has 0 aromatic heterocycles. The maximum Gasteiger partial charge on any atom is 0.0925 e. The van der Waals surface area contributed by atoms with Crippen LogP contribution in [0.5, 0.6) is 0 Å². The smallest absolute Gasteiger partial charge is 0.0925 e. The third-order valence-electron chi connectivity index (χ3n) is 7.20. The molecule has 2 heteroatoms. The maximum atomic E-state index is 6.72. The summed E-state index contributed by atoms with van der Waals surface area (Å²) in [6, 6.07) is 0. The van der Waals surface area contributed by atoms with Crippen LogP contribution in [0.4, 0.5) is 0 Å². The first-order valence-corrected chi connectivity index (χ1v) is 9.36. The topological polar surface area (TPSA) is 18.5 Å². The van der Waals surface area contributed by atoms with Crippen molar-refractivity contribution < 1.29 is 9.47 Å². The van der Waals surface area contributed by atoms with E-state index in [-0.39, 0.29) is 17.3 Å². The summed E-state index contributed by atoms with van der Waals surface area (Å²) in [5.74, 6) is 2.69. The third-order valence-corrected chi connectivity index (χ3v) is 7.20. The van der Waals surface area contributed by atoms with E-state index in [0.717, 1.165) is 24.7 Å². The zero-order valence-electron chi connectivity index (χ0n) is 14.7. The van der Waals surface area contributed by atoms with Crippen molar-refractivity contribution in [2.45, 2.75) is 89.6 Å². The molecular weight excluding hydrogens is 272 g/mol. The van der Waals surface area contributed by atoms with Gasteiger partial charge in [-0.25, -0.2) is 0 Å². The Hall–Kier alpha value is -0.340. The molecule has 0 N–H and O–H groups in total. The molecule has 4 aliphatic rings. The Kier molecular flexibility index (Phi) is 3.34. The summed E-state index contributed by atoms with van der Waals surface area (Å²) in [6.07, 6.45) is 7.78. The fourth-order valence-electron chi connectivity index (χ4n) is 6.29. The van der Waals surface area contributed by atoms with E-state index in [1.165, 1.54) is 31.3 Å². The van der Waals surface area contributed by atoms with Crippen molar-refractivity contribution in [2.24, 2.45) is 23.7 Å². The summed E-state index contributed by atoms with van der Waals surface area (Å²) in [5, 5.41) is 0. The Bertz CT molecular complexity index is 484. The van der Waals surface area contributed by atoms with Crippen molar-refractivity contribution >= 4 is 0 Å². The van der Waals surface area contributed by atoms with E-state index in [1.807, 2.05) is 0 Å². The molecule has 0 radical (unpaired) electrons. The van der Waals surface area contributed by atoms with Gasteiger partial charge >= 0.3 is 0 Å². The molecule has 1 aliphatic carbocycles. The SMILES string of the molecule is C=C1CC[C@H](C(C)C)[C@@H]2[C@H]1[C@H]1C[C@]3(C)CCC[C@@](C)(O3)[C@@H]2O1. The molecule has 0 spiro atoms. The van der Waals surface area contributed by atoms with Gasteiger partial charge in [-0.3, -0.25) is 0 Å². The highest BCUT2D eigenvalue weighted by Gasteiger charge is 2.62. The second-order valence-electron chi connectivity index (χ2n) is 9.23. The van der Waals surface area contributed by atoms with Crippen LogP contribution in [-0.4, -0.2) is 23.4 Å². The fourth-order valence-corrected chi connectivity index (χ4v) is 6.29. The molecule has 0 amide bonds. The van der Waals surface area contributed by atoms with Gasteiger partial charge in [-0.1, -0.05) is 26.0 Å². The Morgan fingerprint density at radius 2 is 2.00 bits per heavy atom. The largest absolute Gasteiger partial charge is 0.371 e. The molecule has 3 saturated heterocycles. The van der Waals surface area contributed by atoms with Crippen LogP contribution >= 0.6 is 0 Å². The molecule has 4 fully saturated rings. The lowest BCUT2D eigenvalue weighted by Crippen LogP contribution is -2.56. The van der Waals surface area contributed by atoms with E-state index in [9.17, 15) is 0 Å². The molecule has 2 nitrogen and oxygen atoms in total. The van der Waals surface area contributed by atoms with E-state index in [4.69, 9.17) is 9.47 Å². The number of hydrogen-bond donors (Lipinski definition) is 0. The number of rotatable bonds is 1. The molecule has 4 rings (SSSR count). The first kappa shape index (κ1) is 15.2. The lowest BCUT2D eigenvalue weighted by atomic mass is 9.59. The van der Waals surface area contributed by atoms with Gasteiger partial charge in [0.1, 0.15) is 0 Å². The number of ether oxygens (including phenoxy) is 2. The summed E-state index contributed by atoms with van der Waals surface area (Å²) < 4.78 is 13.4. The summed E-state index contributed by atoms with van der Waals surface area (Å²) in [5.41, 5.74) is 1.38. The quantitative estimate of drug-likeness (QED) is 0.652. The zero-order chi connectivity index (χ0) is 15.7. The van der Waals surface area contributed by atoms with E-state index < -0.39 is 0 Å². The van der Waals surface area contributed by atoms with E-state index >= 15 is 0 Å². The van der Waals surface area contributed by atoms with Gasteiger partial charge in [-0.2, -0.15) is 0 Å². The van der Waals surface area contributed by atoms with Crippen molar-refractivity contribution in [1.29, 1.82) is 0 Å². The molecule has 3 aliphatic heterocycles. The molecular formula is C20H32O2. The highest BCUT2D eigenvalue weighted by Crippen LogP contribution is 2.59. The summed E-state index contributed by atoms with van der Waals surface area (Å²) in [6.45, 7) is 13.9.